The Morgan fingerprint density at radius 1 is 1.45 bits per heavy atom. The van der Waals surface area contributed by atoms with Crippen molar-refractivity contribution in [2.24, 2.45) is 7.05 Å². The number of pyridine rings is 1. The number of aliphatic hydroxyl groups is 1. The van der Waals surface area contributed by atoms with Gasteiger partial charge in [0, 0.05) is 44.6 Å². The SMILES string of the molecule is Cn1cc(CN2C[C@@H](O)[C@H](NC(=O)c3ccccn3)C2)cn1. The third-order valence-electron chi connectivity index (χ3n) is 3.74. The van der Waals surface area contributed by atoms with Crippen molar-refractivity contribution in [3.05, 3.63) is 48.0 Å². The third kappa shape index (κ3) is 3.32. The lowest BCUT2D eigenvalue weighted by Crippen LogP contribution is -2.43. The molecule has 7 heteroatoms. The van der Waals surface area contributed by atoms with Crippen molar-refractivity contribution in [2.75, 3.05) is 13.1 Å². The fourth-order valence-electron chi connectivity index (χ4n) is 2.69. The standard InChI is InChI=1S/C15H19N5O2/c1-19-7-11(6-17-19)8-20-9-13(14(21)10-20)18-15(22)12-4-2-3-5-16-12/h2-7,13-14,21H,8-10H2,1H3,(H,18,22)/t13-,14-/m1/s1. The van der Waals surface area contributed by atoms with Crippen LogP contribution >= 0.6 is 0 Å². The summed E-state index contributed by atoms with van der Waals surface area (Å²) in [7, 11) is 1.87. The van der Waals surface area contributed by atoms with E-state index in [0.29, 0.717) is 25.3 Å². The molecule has 2 atom stereocenters. The molecular formula is C15H19N5O2. The molecule has 116 valence electrons. The topological polar surface area (TPSA) is 83.3 Å². The highest BCUT2D eigenvalue weighted by Crippen LogP contribution is 2.14. The van der Waals surface area contributed by atoms with Crippen molar-refractivity contribution in [3.63, 3.8) is 0 Å². The molecular weight excluding hydrogens is 282 g/mol. The molecule has 1 amide bonds. The number of likely N-dealkylation sites (tertiary alicyclic amines) is 1. The van der Waals surface area contributed by atoms with Gasteiger partial charge in [0.05, 0.1) is 18.3 Å². The predicted molar refractivity (Wildman–Crippen MR) is 80.0 cm³/mol. The van der Waals surface area contributed by atoms with Gasteiger partial charge < -0.3 is 10.4 Å². The van der Waals surface area contributed by atoms with Crippen LogP contribution in [0.3, 0.4) is 0 Å². The van der Waals surface area contributed by atoms with Crippen molar-refractivity contribution in [3.8, 4) is 0 Å². The zero-order valence-electron chi connectivity index (χ0n) is 12.4. The van der Waals surface area contributed by atoms with Crippen LogP contribution in [0, 0.1) is 0 Å². The third-order valence-corrected chi connectivity index (χ3v) is 3.74. The molecule has 2 aromatic rings. The fourth-order valence-corrected chi connectivity index (χ4v) is 2.69. The van der Waals surface area contributed by atoms with Crippen molar-refractivity contribution in [2.45, 2.75) is 18.7 Å². The molecule has 1 aliphatic heterocycles. The maximum Gasteiger partial charge on any atom is 0.270 e. The van der Waals surface area contributed by atoms with Crippen molar-refractivity contribution >= 4 is 5.91 Å². The fraction of sp³-hybridized carbons (Fsp3) is 0.400. The van der Waals surface area contributed by atoms with Crippen LogP contribution in [0.1, 0.15) is 16.1 Å². The van der Waals surface area contributed by atoms with Crippen LogP contribution in [0.15, 0.2) is 36.8 Å². The van der Waals surface area contributed by atoms with Crippen LogP contribution in [-0.2, 0) is 13.6 Å². The molecule has 1 aliphatic rings. The number of carbonyl (C=O) groups excluding carboxylic acids is 1. The summed E-state index contributed by atoms with van der Waals surface area (Å²) in [5, 5.41) is 17.1. The van der Waals surface area contributed by atoms with E-state index in [1.807, 2.05) is 19.4 Å². The van der Waals surface area contributed by atoms with Gasteiger partial charge in [0.25, 0.3) is 5.91 Å². The summed E-state index contributed by atoms with van der Waals surface area (Å²) in [5.74, 6) is -0.257. The van der Waals surface area contributed by atoms with Crippen LogP contribution in [-0.4, -0.2) is 55.9 Å². The van der Waals surface area contributed by atoms with Crippen molar-refractivity contribution in [1.29, 1.82) is 0 Å². The number of nitrogens with one attached hydrogen (secondary N) is 1. The van der Waals surface area contributed by atoms with E-state index in [-0.39, 0.29) is 11.9 Å². The number of aryl methyl sites for hydroxylation is 1. The quantitative estimate of drug-likeness (QED) is 0.816. The summed E-state index contributed by atoms with van der Waals surface area (Å²) in [6, 6.07) is 4.90. The first kappa shape index (κ1) is 14.7. The van der Waals surface area contributed by atoms with Gasteiger partial charge in [-0.3, -0.25) is 19.4 Å². The highest BCUT2D eigenvalue weighted by atomic mass is 16.3. The highest BCUT2D eigenvalue weighted by molar-refractivity contribution is 5.92. The van der Waals surface area contributed by atoms with Crippen LogP contribution < -0.4 is 5.32 Å². The van der Waals surface area contributed by atoms with E-state index in [1.54, 1.807) is 29.1 Å². The second kappa shape index (κ2) is 6.25. The van der Waals surface area contributed by atoms with Gasteiger partial charge in [0.1, 0.15) is 5.69 Å². The van der Waals surface area contributed by atoms with Crippen LogP contribution in [0.4, 0.5) is 0 Å². The summed E-state index contributed by atoms with van der Waals surface area (Å²) >= 11 is 0. The molecule has 22 heavy (non-hydrogen) atoms. The average Bonchev–Trinajstić information content (AvgIpc) is 3.06. The maximum absolute atomic E-state index is 12.1. The van der Waals surface area contributed by atoms with Gasteiger partial charge in [-0.15, -0.1) is 0 Å². The molecule has 0 saturated carbocycles. The molecule has 7 nitrogen and oxygen atoms in total. The molecule has 0 spiro atoms. The molecule has 0 radical (unpaired) electrons. The van der Waals surface area contributed by atoms with Gasteiger partial charge in [-0.1, -0.05) is 6.07 Å². The Morgan fingerprint density at radius 2 is 2.32 bits per heavy atom. The average molecular weight is 301 g/mol. The minimum absolute atomic E-state index is 0.257. The number of nitrogens with zero attached hydrogens (tertiary/aromatic N) is 4. The Hall–Kier alpha value is -2.25. The normalized spacial score (nSPS) is 21.9. The molecule has 2 N–H and O–H groups in total. The van der Waals surface area contributed by atoms with Gasteiger partial charge in [-0.25, -0.2) is 0 Å². The largest absolute Gasteiger partial charge is 0.390 e. The predicted octanol–water partition coefficient (Wildman–Crippen LogP) is -0.210. The van der Waals surface area contributed by atoms with E-state index in [0.717, 1.165) is 5.56 Å². The maximum atomic E-state index is 12.1. The second-order valence-electron chi connectivity index (χ2n) is 5.58. The zero-order valence-corrected chi connectivity index (χ0v) is 12.4. The number of hydrogen-bond acceptors (Lipinski definition) is 5. The van der Waals surface area contributed by atoms with E-state index in [2.05, 4.69) is 20.3 Å². The molecule has 0 bridgehead atoms. The lowest BCUT2D eigenvalue weighted by molar-refractivity contribution is 0.0883. The molecule has 1 saturated heterocycles. The molecule has 0 unspecified atom stereocenters. The summed E-state index contributed by atoms with van der Waals surface area (Å²) < 4.78 is 1.75. The molecule has 3 heterocycles. The van der Waals surface area contributed by atoms with Gasteiger partial charge in [0.2, 0.25) is 0 Å². The number of aromatic nitrogens is 3. The van der Waals surface area contributed by atoms with E-state index >= 15 is 0 Å². The smallest absolute Gasteiger partial charge is 0.270 e. The van der Waals surface area contributed by atoms with Crippen molar-refractivity contribution in [1.82, 2.24) is 25.0 Å². The number of amides is 1. The lowest BCUT2D eigenvalue weighted by Gasteiger charge is -2.16. The molecule has 2 aromatic heterocycles. The minimum Gasteiger partial charge on any atom is -0.390 e. The Morgan fingerprint density at radius 3 is 3.00 bits per heavy atom. The second-order valence-corrected chi connectivity index (χ2v) is 5.58. The molecule has 1 fully saturated rings. The van der Waals surface area contributed by atoms with Crippen molar-refractivity contribution < 1.29 is 9.90 Å². The summed E-state index contributed by atoms with van der Waals surface area (Å²) in [6.07, 6.45) is 4.76. The van der Waals surface area contributed by atoms with Gasteiger partial charge >= 0.3 is 0 Å². The summed E-state index contributed by atoms with van der Waals surface area (Å²) in [4.78, 5) is 18.2. The number of rotatable bonds is 4. The van der Waals surface area contributed by atoms with Gasteiger partial charge in [0.15, 0.2) is 0 Å². The Labute approximate surface area is 128 Å². The number of aliphatic hydroxyl groups excluding tert-OH is 1. The van der Waals surface area contributed by atoms with E-state index < -0.39 is 6.10 Å². The van der Waals surface area contributed by atoms with E-state index in [4.69, 9.17) is 0 Å². The Kier molecular flexibility index (Phi) is 4.17. The van der Waals surface area contributed by atoms with Crippen LogP contribution in [0.2, 0.25) is 0 Å². The highest BCUT2D eigenvalue weighted by Gasteiger charge is 2.32. The first-order valence-corrected chi connectivity index (χ1v) is 7.21. The van der Waals surface area contributed by atoms with Gasteiger partial charge in [-0.05, 0) is 12.1 Å². The van der Waals surface area contributed by atoms with Gasteiger partial charge in [-0.2, -0.15) is 5.10 Å². The minimum atomic E-state index is -0.579. The molecule has 0 aliphatic carbocycles. The first-order chi connectivity index (χ1) is 10.6. The van der Waals surface area contributed by atoms with Crippen LogP contribution in [0.25, 0.3) is 0 Å². The number of β-amino-alcohol motifs (C(OH)–C–C–N with tert-alkyl or cyclic N) is 1. The van der Waals surface area contributed by atoms with Crippen LogP contribution in [0.5, 0.6) is 0 Å². The molecule has 3 rings (SSSR count). The van der Waals surface area contributed by atoms with E-state index in [9.17, 15) is 9.90 Å². The summed E-state index contributed by atoms with van der Waals surface area (Å²) in [5.41, 5.74) is 1.45. The van der Waals surface area contributed by atoms with E-state index in [1.165, 1.54) is 0 Å². The Bertz CT molecular complexity index is 642. The molecule has 0 aromatic carbocycles. The zero-order chi connectivity index (χ0) is 15.5. The summed E-state index contributed by atoms with van der Waals surface area (Å²) in [6.45, 7) is 1.84. The number of hydrogen-bond donors (Lipinski definition) is 2. The lowest BCUT2D eigenvalue weighted by atomic mass is 10.2. The Balaban J connectivity index is 1.58. The number of carbonyl (C=O) groups is 1. The first-order valence-electron chi connectivity index (χ1n) is 7.21. The monoisotopic (exact) mass is 301 g/mol.